The highest BCUT2D eigenvalue weighted by atomic mass is 16.5. The van der Waals surface area contributed by atoms with Crippen LogP contribution < -0.4 is 4.74 Å². The Labute approximate surface area is 176 Å². The molecule has 0 radical (unpaired) electrons. The number of nitrogens with zero attached hydrogens (tertiary/aromatic N) is 2. The van der Waals surface area contributed by atoms with Crippen LogP contribution >= 0.6 is 0 Å². The lowest BCUT2D eigenvalue weighted by Gasteiger charge is -2.35. The van der Waals surface area contributed by atoms with E-state index in [0.29, 0.717) is 25.7 Å². The summed E-state index contributed by atoms with van der Waals surface area (Å²) in [6, 6.07) is 7.24. The molecule has 1 heterocycles. The van der Waals surface area contributed by atoms with Crippen LogP contribution in [0, 0.1) is 0 Å². The Morgan fingerprint density at radius 1 is 1.14 bits per heavy atom. The highest BCUT2D eigenvalue weighted by Gasteiger charge is 2.24. The van der Waals surface area contributed by atoms with Gasteiger partial charge in [0.05, 0.1) is 26.2 Å². The minimum absolute atomic E-state index is 0.252. The molecule has 162 valence electrons. The van der Waals surface area contributed by atoms with E-state index in [1.165, 1.54) is 24.0 Å². The molecule has 5 nitrogen and oxygen atoms in total. The Balaban J connectivity index is 1.50. The van der Waals surface area contributed by atoms with Crippen molar-refractivity contribution in [2.24, 2.45) is 0 Å². The molecular weight excluding hydrogens is 364 g/mol. The van der Waals surface area contributed by atoms with Gasteiger partial charge in [-0.25, -0.2) is 0 Å². The number of hydrogen-bond acceptors (Lipinski definition) is 4. The van der Waals surface area contributed by atoms with Crippen molar-refractivity contribution >= 4 is 5.91 Å². The topological polar surface area (TPSA) is 42.0 Å². The van der Waals surface area contributed by atoms with Crippen LogP contribution in [0.2, 0.25) is 0 Å². The maximum Gasteiger partial charge on any atom is 0.224 e. The molecular formula is C24H38N2O3. The van der Waals surface area contributed by atoms with E-state index in [1.54, 1.807) is 0 Å². The number of ether oxygens (including phenoxy) is 2. The molecule has 1 aromatic rings. The van der Waals surface area contributed by atoms with E-state index >= 15 is 0 Å². The van der Waals surface area contributed by atoms with Crippen LogP contribution in [0.1, 0.15) is 57.1 Å². The van der Waals surface area contributed by atoms with Crippen LogP contribution in [0.3, 0.4) is 0 Å². The normalized spacial score (nSPS) is 19.9. The van der Waals surface area contributed by atoms with Crippen LogP contribution in [0.4, 0.5) is 0 Å². The maximum atomic E-state index is 12.1. The fraction of sp³-hybridized carbons (Fsp3) is 0.708. The number of aryl methyl sites for hydroxylation is 1. The number of amides is 1. The molecule has 29 heavy (non-hydrogen) atoms. The summed E-state index contributed by atoms with van der Waals surface area (Å²) in [7, 11) is 0. The van der Waals surface area contributed by atoms with E-state index in [-0.39, 0.29) is 5.91 Å². The Hall–Kier alpha value is -1.59. The van der Waals surface area contributed by atoms with Crippen LogP contribution in [0.5, 0.6) is 5.75 Å². The van der Waals surface area contributed by atoms with Crippen molar-refractivity contribution in [2.45, 2.75) is 64.8 Å². The third kappa shape index (κ3) is 6.45. The Bertz CT molecular complexity index is 649. The van der Waals surface area contributed by atoms with Crippen molar-refractivity contribution in [1.82, 2.24) is 9.80 Å². The lowest BCUT2D eigenvalue weighted by molar-refractivity contribution is -0.130. The molecule has 1 saturated heterocycles. The predicted molar refractivity (Wildman–Crippen MR) is 117 cm³/mol. The van der Waals surface area contributed by atoms with E-state index < -0.39 is 0 Å². The molecule has 0 N–H and O–H groups in total. The first kappa shape index (κ1) is 22.1. The van der Waals surface area contributed by atoms with Gasteiger partial charge in [0.25, 0.3) is 0 Å². The number of rotatable bonds is 10. The molecule has 1 fully saturated rings. The molecule has 0 spiro atoms. The van der Waals surface area contributed by atoms with Gasteiger partial charge in [0, 0.05) is 19.1 Å². The molecule has 1 atom stereocenters. The Morgan fingerprint density at radius 2 is 2.03 bits per heavy atom. The summed E-state index contributed by atoms with van der Waals surface area (Å²) in [6.07, 6.45) is 7.46. The lowest BCUT2D eigenvalue weighted by Crippen LogP contribution is -2.41. The molecule has 0 aromatic heterocycles. The fourth-order valence-corrected chi connectivity index (χ4v) is 4.62. The fourth-order valence-electron chi connectivity index (χ4n) is 4.62. The van der Waals surface area contributed by atoms with Crippen molar-refractivity contribution in [1.29, 1.82) is 0 Å². The van der Waals surface area contributed by atoms with E-state index in [9.17, 15) is 4.79 Å². The third-order valence-corrected chi connectivity index (χ3v) is 6.16. The quantitative estimate of drug-likeness (QED) is 0.560. The molecule has 1 aromatic carbocycles. The number of hydrogen-bond donors (Lipinski definition) is 0. The van der Waals surface area contributed by atoms with E-state index in [2.05, 4.69) is 30.0 Å². The summed E-state index contributed by atoms with van der Waals surface area (Å²) in [5.41, 5.74) is 2.95. The maximum absolute atomic E-state index is 12.1. The van der Waals surface area contributed by atoms with Gasteiger partial charge < -0.3 is 19.3 Å². The van der Waals surface area contributed by atoms with Gasteiger partial charge in [-0.1, -0.05) is 13.0 Å². The second-order valence-corrected chi connectivity index (χ2v) is 8.25. The number of carbonyl (C=O) groups excluding carboxylic acids is 1. The number of carbonyl (C=O) groups is 1. The Kier molecular flexibility index (Phi) is 8.81. The molecule has 0 bridgehead atoms. The molecule has 5 heteroatoms. The number of benzene rings is 1. The lowest BCUT2D eigenvalue weighted by atomic mass is 9.87. The summed E-state index contributed by atoms with van der Waals surface area (Å²) >= 11 is 0. The van der Waals surface area contributed by atoms with Crippen molar-refractivity contribution in [3.05, 3.63) is 29.3 Å². The van der Waals surface area contributed by atoms with E-state index in [1.807, 2.05) is 11.8 Å². The third-order valence-electron chi connectivity index (χ3n) is 6.16. The smallest absolute Gasteiger partial charge is 0.224 e. The van der Waals surface area contributed by atoms with Crippen molar-refractivity contribution in [2.75, 3.05) is 46.0 Å². The monoisotopic (exact) mass is 402 g/mol. The van der Waals surface area contributed by atoms with Gasteiger partial charge in [-0.15, -0.1) is 0 Å². The number of unbranched alkanes of at least 4 members (excludes halogenated alkanes) is 1. The highest BCUT2D eigenvalue weighted by Crippen LogP contribution is 2.28. The van der Waals surface area contributed by atoms with Crippen LogP contribution in [-0.4, -0.2) is 67.7 Å². The minimum atomic E-state index is 0.252. The molecule has 1 aliphatic heterocycles. The molecule has 3 rings (SSSR count). The summed E-state index contributed by atoms with van der Waals surface area (Å²) in [6.45, 7) is 10.2. The first-order chi connectivity index (χ1) is 14.2. The van der Waals surface area contributed by atoms with Crippen molar-refractivity contribution in [3.8, 4) is 5.75 Å². The van der Waals surface area contributed by atoms with Gasteiger partial charge in [0.15, 0.2) is 0 Å². The summed E-state index contributed by atoms with van der Waals surface area (Å²) < 4.78 is 11.1. The van der Waals surface area contributed by atoms with E-state index in [0.717, 1.165) is 64.2 Å². The number of fused-ring (bicyclic) bond motifs is 1. The van der Waals surface area contributed by atoms with Gasteiger partial charge in [-0.2, -0.15) is 0 Å². The standard InChI is InChI=1S/C24H38N2O3/c1-3-12-25(13-5-6-14-26-15-17-28-16-11-24(26)27)22-9-7-20-8-10-23(29-4-2)19-21(20)18-22/h8,10,19,22H,3-7,9,11-18H2,1-2H3. The molecule has 1 amide bonds. The highest BCUT2D eigenvalue weighted by molar-refractivity contribution is 5.76. The zero-order chi connectivity index (χ0) is 20.5. The Morgan fingerprint density at radius 3 is 2.86 bits per heavy atom. The van der Waals surface area contributed by atoms with Gasteiger partial charge in [0.2, 0.25) is 5.91 Å². The van der Waals surface area contributed by atoms with Crippen LogP contribution in [0.25, 0.3) is 0 Å². The summed E-state index contributed by atoms with van der Waals surface area (Å²) in [5.74, 6) is 1.25. The molecule has 2 aliphatic rings. The zero-order valence-electron chi connectivity index (χ0n) is 18.3. The van der Waals surface area contributed by atoms with Gasteiger partial charge >= 0.3 is 0 Å². The van der Waals surface area contributed by atoms with Gasteiger partial charge in [-0.05, 0) is 81.8 Å². The van der Waals surface area contributed by atoms with Gasteiger partial charge in [-0.3, -0.25) is 4.79 Å². The average molecular weight is 403 g/mol. The molecule has 0 saturated carbocycles. The first-order valence-electron chi connectivity index (χ1n) is 11.6. The largest absolute Gasteiger partial charge is 0.494 e. The second-order valence-electron chi connectivity index (χ2n) is 8.25. The minimum Gasteiger partial charge on any atom is -0.494 e. The SMILES string of the molecule is CCCN(CCCCN1CCOCCC1=O)C1CCc2ccc(OCC)cc2C1. The molecule has 1 aliphatic carbocycles. The van der Waals surface area contributed by atoms with Crippen molar-refractivity contribution in [3.63, 3.8) is 0 Å². The average Bonchev–Trinajstić information content (AvgIpc) is 2.94. The zero-order valence-corrected chi connectivity index (χ0v) is 18.3. The van der Waals surface area contributed by atoms with Crippen LogP contribution in [-0.2, 0) is 22.4 Å². The summed E-state index contributed by atoms with van der Waals surface area (Å²) in [4.78, 5) is 16.8. The van der Waals surface area contributed by atoms with E-state index in [4.69, 9.17) is 9.47 Å². The van der Waals surface area contributed by atoms with Crippen molar-refractivity contribution < 1.29 is 14.3 Å². The van der Waals surface area contributed by atoms with Gasteiger partial charge in [0.1, 0.15) is 5.75 Å². The first-order valence-corrected chi connectivity index (χ1v) is 11.6. The molecule has 1 unspecified atom stereocenters. The van der Waals surface area contributed by atoms with Crippen LogP contribution in [0.15, 0.2) is 18.2 Å². The predicted octanol–water partition coefficient (Wildman–Crippen LogP) is 3.68. The summed E-state index contributed by atoms with van der Waals surface area (Å²) in [5, 5.41) is 0. The second kappa shape index (κ2) is 11.6.